The summed E-state index contributed by atoms with van der Waals surface area (Å²) in [6.07, 6.45) is 4.95. The fourth-order valence-electron chi connectivity index (χ4n) is 3.41. The lowest BCUT2D eigenvalue weighted by Crippen LogP contribution is -2.42. The van der Waals surface area contributed by atoms with Gasteiger partial charge in [0.15, 0.2) is 0 Å². The van der Waals surface area contributed by atoms with Gasteiger partial charge in [-0.1, -0.05) is 19.1 Å². The highest BCUT2D eigenvalue weighted by Gasteiger charge is 2.39. The van der Waals surface area contributed by atoms with Crippen LogP contribution in [0.15, 0.2) is 24.3 Å². The summed E-state index contributed by atoms with van der Waals surface area (Å²) in [5.74, 6) is -0.457. The maximum absolute atomic E-state index is 12.6. The van der Waals surface area contributed by atoms with Crippen LogP contribution in [0.25, 0.3) is 0 Å². The molecule has 0 saturated carbocycles. The van der Waals surface area contributed by atoms with Gasteiger partial charge in [0.25, 0.3) is 0 Å². The summed E-state index contributed by atoms with van der Waals surface area (Å²) in [7, 11) is 0. The molecule has 1 atom stereocenters. The molecule has 2 amide bonds. The van der Waals surface area contributed by atoms with E-state index in [9.17, 15) is 9.59 Å². The number of carbonyl (C=O) groups is 2. The summed E-state index contributed by atoms with van der Waals surface area (Å²) < 4.78 is 0. The van der Waals surface area contributed by atoms with Crippen molar-refractivity contribution in [2.24, 2.45) is 5.92 Å². The first-order valence-electron chi connectivity index (χ1n) is 8.40. The predicted molar refractivity (Wildman–Crippen MR) is 86.7 cm³/mol. The summed E-state index contributed by atoms with van der Waals surface area (Å²) in [5.41, 5.74) is 2.17. The number of amides is 2. The Morgan fingerprint density at radius 1 is 1.09 bits per heavy atom. The molecule has 2 saturated heterocycles. The number of aryl methyl sites for hydroxylation is 1. The maximum Gasteiger partial charge on any atom is 0.239 e. The minimum absolute atomic E-state index is 0.0279. The van der Waals surface area contributed by atoms with Crippen LogP contribution >= 0.6 is 0 Å². The molecule has 22 heavy (non-hydrogen) atoms. The Balaban J connectivity index is 1.69. The molecule has 0 bridgehead atoms. The highest BCUT2D eigenvalue weighted by molar-refractivity contribution is 6.09. The average molecular weight is 300 g/mol. The van der Waals surface area contributed by atoms with Gasteiger partial charge in [-0.15, -0.1) is 0 Å². The quantitative estimate of drug-likeness (QED) is 0.805. The van der Waals surface area contributed by atoms with Gasteiger partial charge in [-0.25, -0.2) is 0 Å². The van der Waals surface area contributed by atoms with E-state index in [1.807, 2.05) is 17.0 Å². The third-order valence-corrected chi connectivity index (χ3v) is 4.83. The van der Waals surface area contributed by atoms with Gasteiger partial charge in [0.2, 0.25) is 11.8 Å². The number of rotatable bonds is 3. The van der Waals surface area contributed by atoms with Crippen LogP contribution in [0.3, 0.4) is 0 Å². The minimum atomic E-state index is -0.469. The first kappa shape index (κ1) is 15.1. The van der Waals surface area contributed by atoms with Crippen molar-refractivity contribution in [2.45, 2.75) is 39.0 Å². The molecule has 0 N–H and O–H groups in total. The molecule has 118 valence electrons. The van der Waals surface area contributed by atoms with Crippen LogP contribution < -0.4 is 4.90 Å². The lowest BCUT2D eigenvalue weighted by atomic mass is 10.0. The van der Waals surface area contributed by atoms with Crippen molar-refractivity contribution in [3.8, 4) is 0 Å². The van der Waals surface area contributed by atoms with Gasteiger partial charge >= 0.3 is 0 Å². The predicted octanol–water partition coefficient (Wildman–Crippen LogP) is 2.61. The molecule has 0 aliphatic carbocycles. The highest BCUT2D eigenvalue weighted by atomic mass is 16.2. The second-order valence-electron chi connectivity index (χ2n) is 6.24. The van der Waals surface area contributed by atoms with E-state index in [1.54, 1.807) is 4.90 Å². The van der Waals surface area contributed by atoms with Crippen molar-refractivity contribution in [3.63, 3.8) is 0 Å². The van der Waals surface area contributed by atoms with Gasteiger partial charge in [0, 0.05) is 25.3 Å². The Morgan fingerprint density at radius 2 is 1.77 bits per heavy atom. The molecule has 2 heterocycles. The number of likely N-dealkylation sites (tertiary alicyclic amines) is 1. The van der Waals surface area contributed by atoms with E-state index in [-0.39, 0.29) is 11.8 Å². The summed E-state index contributed by atoms with van der Waals surface area (Å²) in [5, 5.41) is 0. The van der Waals surface area contributed by atoms with E-state index in [4.69, 9.17) is 0 Å². The Hall–Kier alpha value is -1.84. The Kier molecular flexibility index (Phi) is 4.46. The van der Waals surface area contributed by atoms with Crippen LogP contribution in [0, 0.1) is 5.92 Å². The average Bonchev–Trinajstić information content (AvgIpc) is 2.96. The summed E-state index contributed by atoms with van der Waals surface area (Å²) in [4.78, 5) is 28.8. The van der Waals surface area contributed by atoms with E-state index in [0.29, 0.717) is 13.0 Å². The molecular weight excluding hydrogens is 276 g/mol. The standard InChI is InChI=1S/C18H24N2O2/c1-2-14-6-8-15(9-7-14)20-13-10-16(18(20)22)17(21)19-11-4-3-5-12-19/h6-9,16H,2-5,10-13H2,1H3. The molecule has 0 radical (unpaired) electrons. The monoisotopic (exact) mass is 300 g/mol. The lowest BCUT2D eigenvalue weighted by Gasteiger charge is -2.28. The molecule has 3 rings (SSSR count). The number of benzene rings is 1. The van der Waals surface area contributed by atoms with E-state index >= 15 is 0 Å². The Labute approximate surface area is 132 Å². The van der Waals surface area contributed by atoms with Crippen LogP contribution in [0.4, 0.5) is 5.69 Å². The minimum Gasteiger partial charge on any atom is -0.342 e. The van der Waals surface area contributed by atoms with Gasteiger partial charge in [-0.2, -0.15) is 0 Å². The molecular formula is C18H24N2O2. The van der Waals surface area contributed by atoms with E-state index in [0.717, 1.165) is 38.0 Å². The largest absolute Gasteiger partial charge is 0.342 e. The Bertz CT molecular complexity index is 547. The van der Waals surface area contributed by atoms with E-state index in [1.165, 1.54) is 12.0 Å². The van der Waals surface area contributed by atoms with Gasteiger partial charge in [0.05, 0.1) is 0 Å². The molecule has 0 spiro atoms. The molecule has 2 aliphatic rings. The second kappa shape index (κ2) is 6.51. The van der Waals surface area contributed by atoms with Crippen molar-refractivity contribution in [1.82, 2.24) is 4.90 Å². The number of carbonyl (C=O) groups excluding carboxylic acids is 2. The molecule has 1 aromatic carbocycles. The number of piperidine rings is 1. The molecule has 1 aromatic rings. The first-order valence-corrected chi connectivity index (χ1v) is 8.40. The number of nitrogens with zero attached hydrogens (tertiary/aromatic N) is 2. The molecule has 4 heteroatoms. The van der Waals surface area contributed by atoms with Crippen LogP contribution in [0.1, 0.15) is 38.2 Å². The molecule has 1 unspecified atom stereocenters. The van der Waals surface area contributed by atoms with Gasteiger partial charge < -0.3 is 9.80 Å². The maximum atomic E-state index is 12.6. The fraction of sp³-hybridized carbons (Fsp3) is 0.556. The second-order valence-corrected chi connectivity index (χ2v) is 6.24. The normalized spacial score (nSPS) is 22.2. The zero-order valence-corrected chi connectivity index (χ0v) is 13.3. The summed E-state index contributed by atoms with van der Waals surface area (Å²) >= 11 is 0. The van der Waals surface area contributed by atoms with Crippen LogP contribution in [0.5, 0.6) is 0 Å². The fourth-order valence-corrected chi connectivity index (χ4v) is 3.41. The van der Waals surface area contributed by atoms with E-state index < -0.39 is 5.92 Å². The summed E-state index contributed by atoms with van der Waals surface area (Å²) in [6, 6.07) is 8.10. The van der Waals surface area contributed by atoms with Gasteiger partial charge in [-0.3, -0.25) is 9.59 Å². The number of hydrogen-bond donors (Lipinski definition) is 0. The number of hydrogen-bond acceptors (Lipinski definition) is 2. The molecule has 2 aliphatic heterocycles. The van der Waals surface area contributed by atoms with Crippen molar-refractivity contribution in [2.75, 3.05) is 24.5 Å². The zero-order valence-electron chi connectivity index (χ0n) is 13.3. The topological polar surface area (TPSA) is 40.6 Å². The molecule has 0 aromatic heterocycles. The van der Waals surface area contributed by atoms with Crippen molar-refractivity contribution in [1.29, 1.82) is 0 Å². The SMILES string of the molecule is CCc1ccc(N2CCC(C(=O)N3CCCCC3)C2=O)cc1. The van der Waals surface area contributed by atoms with Crippen LogP contribution in [-0.2, 0) is 16.0 Å². The summed E-state index contributed by atoms with van der Waals surface area (Å²) in [6.45, 7) is 4.39. The molecule has 4 nitrogen and oxygen atoms in total. The van der Waals surface area contributed by atoms with Crippen LogP contribution in [0.2, 0.25) is 0 Å². The highest BCUT2D eigenvalue weighted by Crippen LogP contribution is 2.27. The zero-order chi connectivity index (χ0) is 15.5. The van der Waals surface area contributed by atoms with Crippen molar-refractivity contribution >= 4 is 17.5 Å². The Morgan fingerprint density at radius 3 is 2.41 bits per heavy atom. The smallest absolute Gasteiger partial charge is 0.239 e. The molecule has 2 fully saturated rings. The van der Waals surface area contributed by atoms with Gasteiger partial charge in [0.1, 0.15) is 5.92 Å². The van der Waals surface area contributed by atoms with E-state index in [2.05, 4.69) is 19.1 Å². The van der Waals surface area contributed by atoms with Gasteiger partial charge in [-0.05, 0) is 49.8 Å². The van der Waals surface area contributed by atoms with Crippen LogP contribution in [-0.4, -0.2) is 36.3 Å². The first-order chi connectivity index (χ1) is 10.7. The lowest BCUT2D eigenvalue weighted by molar-refractivity contribution is -0.140. The third kappa shape index (κ3) is 2.87. The third-order valence-electron chi connectivity index (χ3n) is 4.83. The number of anilines is 1. The van der Waals surface area contributed by atoms with Crippen molar-refractivity contribution in [3.05, 3.63) is 29.8 Å². The van der Waals surface area contributed by atoms with Crippen molar-refractivity contribution < 1.29 is 9.59 Å².